The summed E-state index contributed by atoms with van der Waals surface area (Å²) in [6, 6.07) is 12.1. The van der Waals surface area contributed by atoms with Gasteiger partial charge in [0.05, 0.1) is 22.8 Å². The van der Waals surface area contributed by atoms with Crippen molar-refractivity contribution in [2.75, 3.05) is 32.8 Å². The van der Waals surface area contributed by atoms with Crippen LogP contribution in [0, 0.1) is 5.82 Å². The summed E-state index contributed by atoms with van der Waals surface area (Å²) in [7, 11) is -3.64. The van der Waals surface area contributed by atoms with Gasteiger partial charge in [-0.15, -0.1) is 11.3 Å². The molecule has 7 nitrogen and oxygen atoms in total. The predicted octanol–water partition coefficient (Wildman–Crippen LogP) is 3.63. The fourth-order valence-electron chi connectivity index (χ4n) is 3.59. The van der Waals surface area contributed by atoms with Crippen molar-refractivity contribution in [1.29, 1.82) is 0 Å². The fraction of sp³-hybridized carbons (Fsp3) is 0.304. The van der Waals surface area contributed by atoms with Crippen molar-refractivity contribution in [2.45, 2.75) is 18.4 Å². The van der Waals surface area contributed by atoms with E-state index in [-0.39, 0.29) is 17.3 Å². The zero-order valence-electron chi connectivity index (χ0n) is 18.1. The molecule has 0 atom stereocenters. The number of sulfonamides is 1. The Morgan fingerprint density at radius 1 is 1.06 bits per heavy atom. The van der Waals surface area contributed by atoms with Crippen LogP contribution in [0.2, 0.25) is 0 Å². The van der Waals surface area contributed by atoms with Crippen LogP contribution in [0.5, 0.6) is 0 Å². The standard InChI is InChI=1S/C23H24FN3O4S2/c1-2-31-23(28)18-5-9-21(10-6-18)33(29,30)27-13-11-26(12-14-27)15-20-16-32-22(25-20)17-3-7-19(24)8-4-17/h3-10,16H,2,11-15H2,1H3. The number of hydrogen-bond acceptors (Lipinski definition) is 7. The monoisotopic (exact) mass is 489 g/mol. The normalized spacial score (nSPS) is 15.5. The van der Waals surface area contributed by atoms with Gasteiger partial charge in [-0.2, -0.15) is 4.31 Å². The number of benzene rings is 2. The number of aromatic nitrogens is 1. The average Bonchev–Trinajstić information content (AvgIpc) is 3.28. The van der Waals surface area contributed by atoms with Crippen LogP contribution in [0.1, 0.15) is 23.0 Å². The lowest BCUT2D eigenvalue weighted by atomic mass is 10.2. The highest BCUT2D eigenvalue weighted by atomic mass is 32.2. The maximum Gasteiger partial charge on any atom is 0.338 e. The molecule has 0 saturated carbocycles. The molecule has 0 N–H and O–H groups in total. The molecule has 0 amide bonds. The largest absolute Gasteiger partial charge is 0.462 e. The number of halogens is 1. The first-order valence-electron chi connectivity index (χ1n) is 10.6. The SMILES string of the molecule is CCOC(=O)c1ccc(S(=O)(=O)N2CCN(Cc3csc(-c4ccc(F)cc4)n3)CC2)cc1. The van der Waals surface area contributed by atoms with Gasteiger partial charge in [0.2, 0.25) is 10.0 Å². The highest BCUT2D eigenvalue weighted by Gasteiger charge is 2.29. The average molecular weight is 490 g/mol. The van der Waals surface area contributed by atoms with Crippen molar-refractivity contribution in [3.63, 3.8) is 0 Å². The van der Waals surface area contributed by atoms with Gasteiger partial charge in [-0.1, -0.05) is 0 Å². The quantitative estimate of drug-likeness (QED) is 0.472. The van der Waals surface area contributed by atoms with Gasteiger partial charge in [-0.25, -0.2) is 22.6 Å². The van der Waals surface area contributed by atoms with Crippen molar-refractivity contribution < 1.29 is 22.3 Å². The number of carbonyl (C=O) groups excluding carboxylic acids is 1. The number of nitrogens with zero attached hydrogens (tertiary/aromatic N) is 3. The van der Waals surface area contributed by atoms with Gasteiger partial charge in [0.1, 0.15) is 10.8 Å². The van der Waals surface area contributed by atoms with E-state index in [1.807, 2.05) is 5.38 Å². The maximum atomic E-state index is 13.1. The molecule has 2 heterocycles. The molecule has 1 aromatic heterocycles. The number of thiazole rings is 1. The lowest BCUT2D eigenvalue weighted by Crippen LogP contribution is -2.48. The van der Waals surface area contributed by atoms with E-state index >= 15 is 0 Å². The van der Waals surface area contributed by atoms with Gasteiger partial charge in [-0.3, -0.25) is 4.90 Å². The third-order valence-corrected chi connectivity index (χ3v) is 8.22. The molecule has 174 valence electrons. The lowest BCUT2D eigenvalue weighted by Gasteiger charge is -2.33. The molecule has 0 unspecified atom stereocenters. The molecule has 1 aliphatic heterocycles. The van der Waals surface area contributed by atoms with E-state index in [9.17, 15) is 17.6 Å². The van der Waals surface area contributed by atoms with Crippen molar-refractivity contribution in [3.8, 4) is 10.6 Å². The smallest absolute Gasteiger partial charge is 0.338 e. The van der Waals surface area contributed by atoms with Crippen LogP contribution in [-0.2, 0) is 21.3 Å². The van der Waals surface area contributed by atoms with E-state index in [0.29, 0.717) is 38.3 Å². The second-order valence-corrected chi connectivity index (χ2v) is 10.4. The maximum absolute atomic E-state index is 13.1. The van der Waals surface area contributed by atoms with Gasteiger partial charge >= 0.3 is 5.97 Å². The Morgan fingerprint density at radius 3 is 2.36 bits per heavy atom. The molecule has 2 aromatic carbocycles. The Labute approximate surface area is 196 Å². The third kappa shape index (κ3) is 5.47. The Bertz CT molecular complexity index is 1200. The van der Waals surface area contributed by atoms with Gasteiger partial charge in [0.15, 0.2) is 0 Å². The van der Waals surface area contributed by atoms with Crippen molar-refractivity contribution in [2.24, 2.45) is 0 Å². The van der Waals surface area contributed by atoms with Crippen molar-refractivity contribution in [1.82, 2.24) is 14.2 Å². The van der Waals surface area contributed by atoms with E-state index < -0.39 is 16.0 Å². The fourth-order valence-corrected chi connectivity index (χ4v) is 5.83. The van der Waals surface area contributed by atoms with Crippen molar-refractivity contribution in [3.05, 3.63) is 71.0 Å². The third-order valence-electron chi connectivity index (χ3n) is 5.36. The topological polar surface area (TPSA) is 79.8 Å². The summed E-state index contributed by atoms with van der Waals surface area (Å²) in [6.07, 6.45) is 0. The van der Waals surface area contributed by atoms with Crippen LogP contribution in [0.15, 0.2) is 58.8 Å². The Balaban J connectivity index is 1.34. The second kappa shape index (κ2) is 10.1. The minimum atomic E-state index is -3.64. The molecule has 33 heavy (non-hydrogen) atoms. The number of ether oxygens (including phenoxy) is 1. The molecule has 0 radical (unpaired) electrons. The molecular weight excluding hydrogens is 465 g/mol. The summed E-state index contributed by atoms with van der Waals surface area (Å²) >= 11 is 1.51. The molecular formula is C23H24FN3O4S2. The van der Waals surface area contributed by atoms with Crippen LogP contribution in [0.25, 0.3) is 10.6 Å². The van der Waals surface area contributed by atoms with Crippen LogP contribution >= 0.6 is 11.3 Å². The summed E-state index contributed by atoms with van der Waals surface area (Å²) < 4.78 is 45.5. The summed E-state index contributed by atoms with van der Waals surface area (Å²) in [5.41, 5.74) is 2.10. The second-order valence-electron chi connectivity index (χ2n) is 7.58. The first kappa shape index (κ1) is 23.5. The Kier molecular flexibility index (Phi) is 7.18. The van der Waals surface area contributed by atoms with Crippen LogP contribution in [-0.4, -0.2) is 61.4 Å². The van der Waals surface area contributed by atoms with Gasteiger partial charge < -0.3 is 4.74 Å². The molecule has 1 aliphatic rings. The minimum absolute atomic E-state index is 0.160. The highest BCUT2D eigenvalue weighted by Crippen LogP contribution is 2.25. The van der Waals surface area contributed by atoms with Crippen molar-refractivity contribution >= 4 is 27.3 Å². The number of esters is 1. The molecule has 1 fully saturated rings. The molecule has 10 heteroatoms. The molecule has 3 aromatic rings. The molecule has 0 aliphatic carbocycles. The Morgan fingerprint density at radius 2 is 1.73 bits per heavy atom. The van der Waals surface area contributed by atoms with E-state index in [1.165, 1.54) is 52.0 Å². The molecule has 0 bridgehead atoms. The predicted molar refractivity (Wildman–Crippen MR) is 124 cm³/mol. The zero-order chi connectivity index (χ0) is 23.4. The lowest BCUT2D eigenvalue weighted by molar-refractivity contribution is 0.0526. The van der Waals surface area contributed by atoms with E-state index in [4.69, 9.17) is 4.74 Å². The van der Waals surface area contributed by atoms with Gasteiger partial charge in [0, 0.05) is 43.7 Å². The number of hydrogen-bond donors (Lipinski definition) is 0. The molecule has 4 rings (SSSR count). The zero-order valence-corrected chi connectivity index (χ0v) is 19.7. The summed E-state index contributed by atoms with van der Waals surface area (Å²) in [5, 5.41) is 2.81. The molecule has 1 saturated heterocycles. The van der Waals surface area contributed by atoms with Gasteiger partial charge in [-0.05, 0) is 55.5 Å². The summed E-state index contributed by atoms with van der Waals surface area (Å²) in [6.45, 7) is 4.52. The minimum Gasteiger partial charge on any atom is -0.462 e. The first-order valence-corrected chi connectivity index (χ1v) is 12.9. The number of piperazine rings is 1. The number of rotatable bonds is 7. The van der Waals surface area contributed by atoms with Crippen LogP contribution in [0.4, 0.5) is 4.39 Å². The van der Waals surface area contributed by atoms with Gasteiger partial charge in [0.25, 0.3) is 0 Å². The number of carbonyl (C=O) groups is 1. The summed E-state index contributed by atoms with van der Waals surface area (Å²) in [5.74, 6) is -0.752. The molecule has 0 spiro atoms. The van der Waals surface area contributed by atoms with Crippen LogP contribution in [0.3, 0.4) is 0 Å². The Hall–Kier alpha value is -2.66. The summed E-state index contributed by atoms with van der Waals surface area (Å²) in [4.78, 5) is 18.7. The highest BCUT2D eigenvalue weighted by molar-refractivity contribution is 7.89. The van der Waals surface area contributed by atoms with Crippen LogP contribution < -0.4 is 0 Å². The first-order chi connectivity index (χ1) is 15.9. The van der Waals surface area contributed by atoms with E-state index in [0.717, 1.165) is 16.3 Å². The van der Waals surface area contributed by atoms with E-state index in [2.05, 4.69) is 9.88 Å². The van der Waals surface area contributed by atoms with E-state index in [1.54, 1.807) is 19.1 Å².